The van der Waals surface area contributed by atoms with Crippen molar-refractivity contribution in [2.75, 3.05) is 23.8 Å². The average Bonchev–Trinajstić information content (AvgIpc) is 2.98. The number of aryl methyl sites for hydroxylation is 2. The van der Waals surface area contributed by atoms with E-state index in [1.165, 1.54) is 11.0 Å². The molecule has 10 heteroatoms. The van der Waals surface area contributed by atoms with Gasteiger partial charge in [0.05, 0.1) is 17.3 Å². The van der Waals surface area contributed by atoms with Gasteiger partial charge in [-0.1, -0.05) is 47.5 Å². The zero-order chi connectivity index (χ0) is 29.8. The first-order chi connectivity index (χ1) is 20.2. The van der Waals surface area contributed by atoms with Crippen LogP contribution in [-0.2, 0) is 27.4 Å². The maximum absolute atomic E-state index is 12.9. The second-order valence-electron chi connectivity index (χ2n) is 9.90. The van der Waals surface area contributed by atoms with E-state index < -0.39 is 5.91 Å². The second-order valence-corrected chi connectivity index (χ2v) is 10.7. The lowest BCUT2D eigenvalue weighted by Gasteiger charge is -2.21. The molecule has 0 radical (unpaired) electrons. The second kappa shape index (κ2) is 12.6. The molecule has 4 aromatic rings. The number of rotatable bonds is 8. The number of carbonyl (C=O) groups excluding carboxylic acids is 3. The monoisotopic (exact) mass is 602 g/mol. The minimum absolute atomic E-state index is 0.00206. The van der Waals surface area contributed by atoms with E-state index in [0.29, 0.717) is 34.9 Å². The standard InChI is InChI=1S/C32H28Cl2N4O4/c1-19-6-9-21-4-3-5-27(32(21)36-19)42-18-23-24(33)11-13-26(31(23)34)38(2)30(41)17-35-28(39)14-8-20-7-12-25-22(16-20)10-15-29(40)37-25/h3-9,11-14,16H,10,15,17-18H2,1-2H3,(H,35,39)(H,37,40)/b14-8+. The number of benzene rings is 3. The smallest absolute Gasteiger partial charge is 0.246 e. The Balaban J connectivity index is 1.21. The van der Waals surface area contributed by atoms with E-state index in [-0.39, 0.29) is 30.0 Å². The molecule has 3 amide bonds. The highest BCUT2D eigenvalue weighted by molar-refractivity contribution is 6.38. The van der Waals surface area contributed by atoms with Crippen molar-refractivity contribution in [3.05, 3.63) is 99.2 Å². The van der Waals surface area contributed by atoms with Gasteiger partial charge in [-0.25, -0.2) is 4.98 Å². The number of halogens is 2. The number of carbonyl (C=O) groups is 3. The molecule has 2 heterocycles. The Labute approximate surface area is 253 Å². The van der Waals surface area contributed by atoms with Crippen molar-refractivity contribution in [3.8, 4) is 5.75 Å². The quantitative estimate of drug-likeness (QED) is 0.237. The molecule has 0 aliphatic carbocycles. The van der Waals surface area contributed by atoms with E-state index in [0.717, 1.165) is 33.4 Å². The SMILES string of the molecule is Cc1ccc2cccc(OCc3c(Cl)ccc(N(C)C(=O)CNC(=O)/C=C/c4ccc5c(c4)CCC(=O)N5)c3Cl)c2n1. The van der Waals surface area contributed by atoms with Crippen LogP contribution in [0.5, 0.6) is 5.75 Å². The number of nitrogens with zero attached hydrogens (tertiary/aromatic N) is 2. The van der Waals surface area contributed by atoms with Gasteiger partial charge in [-0.3, -0.25) is 14.4 Å². The first kappa shape index (κ1) is 29.1. The summed E-state index contributed by atoms with van der Waals surface area (Å²) in [5.41, 5.74) is 5.19. The summed E-state index contributed by atoms with van der Waals surface area (Å²) in [6.07, 6.45) is 4.11. The highest BCUT2D eigenvalue weighted by Gasteiger charge is 2.19. The van der Waals surface area contributed by atoms with E-state index in [4.69, 9.17) is 27.9 Å². The van der Waals surface area contributed by atoms with Crippen LogP contribution in [0, 0.1) is 6.92 Å². The van der Waals surface area contributed by atoms with Gasteiger partial charge in [-0.05, 0) is 66.9 Å². The number of likely N-dealkylation sites (N-methyl/N-ethyl adjacent to an activating group) is 1. The number of pyridine rings is 1. The molecule has 3 aromatic carbocycles. The summed E-state index contributed by atoms with van der Waals surface area (Å²) in [4.78, 5) is 42.9. The molecule has 2 N–H and O–H groups in total. The van der Waals surface area contributed by atoms with Crippen molar-refractivity contribution < 1.29 is 19.1 Å². The lowest BCUT2D eigenvalue weighted by atomic mass is 10.0. The van der Waals surface area contributed by atoms with Gasteiger partial charge in [0.15, 0.2) is 0 Å². The normalized spacial score (nSPS) is 12.6. The topological polar surface area (TPSA) is 101 Å². The molecule has 1 aliphatic rings. The fraction of sp³-hybridized carbons (Fsp3) is 0.188. The van der Waals surface area contributed by atoms with E-state index in [9.17, 15) is 14.4 Å². The molecule has 214 valence electrons. The maximum atomic E-state index is 12.9. The molecule has 0 fully saturated rings. The molecule has 5 rings (SSSR count). The number of para-hydroxylation sites is 1. The van der Waals surface area contributed by atoms with E-state index in [1.807, 2.05) is 55.5 Å². The van der Waals surface area contributed by atoms with Crippen molar-refractivity contribution in [1.82, 2.24) is 10.3 Å². The zero-order valence-corrected chi connectivity index (χ0v) is 24.6. The molecule has 42 heavy (non-hydrogen) atoms. The molecule has 0 atom stereocenters. The Bertz CT molecular complexity index is 1740. The minimum Gasteiger partial charge on any atom is -0.487 e. The van der Waals surface area contributed by atoms with Crippen LogP contribution in [0.2, 0.25) is 10.0 Å². The van der Waals surface area contributed by atoms with Crippen LogP contribution in [0.25, 0.3) is 17.0 Å². The van der Waals surface area contributed by atoms with E-state index in [1.54, 1.807) is 25.3 Å². The number of amides is 3. The summed E-state index contributed by atoms with van der Waals surface area (Å²) in [5.74, 6) is -0.196. The van der Waals surface area contributed by atoms with E-state index in [2.05, 4.69) is 15.6 Å². The Hall–Kier alpha value is -4.40. The van der Waals surface area contributed by atoms with Crippen molar-refractivity contribution in [1.29, 1.82) is 0 Å². The Kier molecular flexibility index (Phi) is 8.75. The lowest BCUT2D eigenvalue weighted by Crippen LogP contribution is -2.37. The van der Waals surface area contributed by atoms with Gasteiger partial charge in [0.25, 0.3) is 0 Å². The van der Waals surface area contributed by atoms with Crippen LogP contribution in [0.15, 0.2) is 66.7 Å². The largest absolute Gasteiger partial charge is 0.487 e. The highest BCUT2D eigenvalue weighted by Crippen LogP contribution is 2.35. The highest BCUT2D eigenvalue weighted by atomic mass is 35.5. The summed E-state index contributed by atoms with van der Waals surface area (Å²) in [6.45, 7) is 1.75. The third-order valence-electron chi connectivity index (χ3n) is 6.96. The van der Waals surface area contributed by atoms with Crippen LogP contribution in [0.3, 0.4) is 0 Å². The van der Waals surface area contributed by atoms with Gasteiger partial charge in [0.2, 0.25) is 17.7 Å². The number of hydrogen-bond donors (Lipinski definition) is 2. The fourth-order valence-electron chi connectivity index (χ4n) is 4.61. The predicted octanol–water partition coefficient (Wildman–Crippen LogP) is 6.11. The molecular formula is C32H28Cl2N4O4. The Morgan fingerprint density at radius 3 is 2.76 bits per heavy atom. The van der Waals surface area contributed by atoms with Gasteiger partial charge in [-0.15, -0.1) is 0 Å². The van der Waals surface area contributed by atoms with Gasteiger partial charge in [0, 0.05) is 46.9 Å². The summed E-state index contributed by atoms with van der Waals surface area (Å²) >= 11 is 13.2. The molecule has 0 saturated heterocycles. The molecular weight excluding hydrogens is 575 g/mol. The first-order valence-electron chi connectivity index (χ1n) is 13.3. The lowest BCUT2D eigenvalue weighted by molar-refractivity contribution is -0.122. The van der Waals surface area contributed by atoms with Crippen LogP contribution in [-0.4, -0.2) is 36.3 Å². The summed E-state index contributed by atoms with van der Waals surface area (Å²) in [5, 5.41) is 7.07. The van der Waals surface area contributed by atoms with Crippen LogP contribution in [0.4, 0.5) is 11.4 Å². The third kappa shape index (κ3) is 6.56. The summed E-state index contributed by atoms with van der Waals surface area (Å²) in [7, 11) is 1.58. The first-order valence-corrected chi connectivity index (χ1v) is 14.1. The molecule has 0 bridgehead atoms. The maximum Gasteiger partial charge on any atom is 0.246 e. The zero-order valence-electron chi connectivity index (χ0n) is 23.0. The Morgan fingerprint density at radius 1 is 1.10 bits per heavy atom. The van der Waals surface area contributed by atoms with Gasteiger partial charge in [0.1, 0.15) is 17.9 Å². The van der Waals surface area contributed by atoms with E-state index >= 15 is 0 Å². The number of ether oxygens (including phenoxy) is 1. The molecule has 1 aliphatic heterocycles. The molecule has 0 unspecified atom stereocenters. The Morgan fingerprint density at radius 2 is 1.93 bits per heavy atom. The fourth-order valence-corrected chi connectivity index (χ4v) is 5.22. The number of hydrogen-bond acceptors (Lipinski definition) is 5. The molecule has 1 aromatic heterocycles. The van der Waals surface area contributed by atoms with Crippen LogP contribution in [0.1, 0.15) is 28.8 Å². The molecule has 0 spiro atoms. The summed E-state index contributed by atoms with van der Waals surface area (Å²) in [6, 6.07) is 18.5. The van der Waals surface area contributed by atoms with Crippen molar-refractivity contribution >= 4 is 69.3 Å². The van der Waals surface area contributed by atoms with Crippen molar-refractivity contribution in [3.63, 3.8) is 0 Å². The van der Waals surface area contributed by atoms with Gasteiger partial charge >= 0.3 is 0 Å². The van der Waals surface area contributed by atoms with Crippen LogP contribution < -0.4 is 20.3 Å². The minimum atomic E-state index is -0.419. The third-order valence-corrected chi connectivity index (χ3v) is 7.74. The van der Waals surface area contributed by atoms with Crippen molar-refractivity contribution in [2.45, 2.75) is 26.4 Å². The number of aromatic nitrogens is 1. The number of fused-ring (bicyclic) bond motifs is 2. The van der Waals surface area contributed by atoms with Crippen molar-refractivity contribution in [2.24, 2.45) is 0 Å². The van der Waals surface area contributed by atoms with Crippen LogP contribution >= 0.6 is 23.2 Å². The van der Waals surface area contributed by atoms with Gasteiger partial charge in [-0.2, -0.15) is 0 Å². The van der Waals surface area contributed by atoms with Gasteiger partial charge < -0.3 is 20.3 Å². The molecule has 8 nitrogen and oxygen atoms in total. The summed E-state index contributed by atoms with van der Waals surface area (Å²) < 4.78 is 6.08. The molecule has 0 saturated carbocycles. The average molecular weight is 604 g/mol. The number of anilines is 2. The predicted molar refractivity (Wildman–Crippen MR) is 166 cm³/mol. The number of nitrogens with one attached hydrogen (secondary N) is 2.